The van der Waals surface area contributed by atoms with E-state index >= 15 is 0 Å². The van der Waals surface area contributed by atoms with Crippen LogP contribution in [-0.2, 0) is 13.8 Å². The van der Waals surface area contributed by atoms with Crippen LogP contribution in [0, 0.1) is 0 Å². The Hall–Kier alpha value is -1.36. The van der Waals surface area contributed by atoms with Crippen LogP contribution in [0.1, 0.15) is 6.23 Å². The van der Waals surface area contributed by atoms with Crippen LogP contribution in [0.3, 0.4) is 0 Å². The summed E-state index contributed by atoms with van der Waals surface area (Å²) >= 11 is 0. The lowest BCUT2D eigenvalue weighted by Crippen LogP contribution is -2.35. The van der Waals surface area contributed by atoms with E-state index in [2.05, 4.69) is 9.51 Å². The van der Waals surface area contributed by atoms with Crippen LogP contribution in [0.25, 0.3) is 0 Å². The zero-order valence-electron chi connectivity index (χ0n) is 10.4. The topological polar surface area (TPSA) is 157 Å². The van der Waals surface area contributed by atoms with E-state index in [1.807, 2.05) is 0 Å². The number of aromatic nitrogens is 2. The minimum atomic E-state index is -4.99. The second kappa shape index (κ2) is 5.79. The monoisotopic (exact) mass is 325 g/mol. The summed E-state index contributed by atoms with van der Waals surface area (Å²) < 4.78 is 35.2. The second-order valence-electron chi connectivity index (χ2n) is 4.29. The van der Waals surface area contributed by atoms with Gasteiger partial charge in [-0.1, -0.05) is 0 Å². The van der Waals surface area contributed by atoms with Crippen molar-refractivity contribution in [3.05, 3.63) is 22.7 Å². The summed E-state index contributed by atoms with van der Waals surface area (Å²) in [5, 5.41) is 9.08. The van der Waals surface area contributed by atoms with Crippen LogP contribution in [0.4, 0.5) is 10.2 Å². The van der Waals surface area contributed by atoms with Crippen LogP contribution in [-0.4, -0.2) is 49.4 Å². The van der Waals surface area contributed by atoms with Gasteiger partial charge in [-0.05, 0) is 6.07 Å². The van der Waals surface area contributed by atoms with Gasteiger partial charge in [-0.2, -0.15) is 4.98 Å². The molecule has 5 N–H and O–H groups in total. The van der Waals surface area contributed by atoms with Gasteiger partial charge in [0.1, 0.15) is 18.0 Å². The molecule has 1 saturated heterocycles. The number of phosphoric ester groups is 1. The maximum absolute atomic E-state index is 14.3. The Kier molecular flexibility index (Phi) is 4.42. The summed E-state index contributed by atoms with van der Waals surface area (Å²) in [5.41, 5.74) is 4.39. The van der Waals surface area contributed by atoms with E-state index in [0.717, 1.165) is 10.8 Å². The van der Waals surface area contributed by atoms with Crippen molar-refractivity contribution in [3.63, 3.8) is 0 Å². The molecular formula is C9H13FN3O7P. The Balaban J connectivity index is 2.31. The van der Waals surface area contributed by atoms with E-state index in [-0.39, 0.29) is 5.82 Å². The molecule has 2 heterocycles. The highest BCUT2D eigenvalue weighted by molar-refractivity contribution is 7.46. The molecule has 0 unspecified atom stereocenters. The predicted octanol–water partition coefficient (Wildman–Crippen LogP) is -1.47. The maximum atomic E-state index is 14.3. The molecular weight excluding hydrogens is 312 g/mol. The highest BCUT2D eigenvalue weighted by Gasteiger charge is 2.49. The highest BCUT2D eigenvalue weighted by Crippen LogP contribution is 2.44. The largest absolute Gasteiger partial charge is 0.470 e. The molecule has 2 rings (SSSR count). The number of nitrogen functional groups attached to an aromatic ring is 1. The number of halogens is 1. The zero-order valence-corrected chi connectivity index (χ0v) is 11.3. The number of phosphoric acid groups is 1. The summed E-state index contributed by atoms with van der Waals surface area (Å²) in [4.78, 5) is 32.5. The van der Waals surface area contributed by atoms with Gasteiger partial charge >= 0.3 is 13.5 Å². The number of nitrogens with zero attached hydrogens (tertiary/aromatic N) is 2. The molecule has 0 bridgehead atoms. The molecule has 12 heteroatoms. The first-order valence-corrected chi connectivity index (χ1v) is 7.25. The van der Waals surface area contributed by atoms with Gasteiger partial charge in [-0.15, -0.1) is 0 Å². The van der Waals surface area contributed by atoms with Gasteiger partial charge in [0.15, 0.2) is 12.4 Å². The van der Waals surface area contributed by atoms with E-state index in [9.17, 15) is 13.8 Å². The standard InChI is InChI=1S/C9H13FN3O7P/c10-6-7(20-21(16,17)18)4(3-14)19-8(6)13-2-1-5(11)12-9(13)15/h1-2,4,6-8,14H,3H2,(H2,11,12,15)(H2,16,17,18)/t4-,6-,7-,8-/m1/s1. The number of nitrogens with two attached hydrogens (primary N) is 1. The number of aliphatic hydroxyl groups is 1. The van der Waals surface area contributed by atoms with Crippen LogP contribution < -0.4 is 11.4 Å². The van der Waals surface area contributed by atoms with Gasteiger partial charge in [-0.25, -0.2) is 13.8 Å². The second-order valence-corrected chi connectivity index (χ2v) is 5.49. The number of anilines is 1. The summed E-state index contributed by atoms with van der Waals surface area (Å²) in [7, 11) is -4.99. The third-order valence-corrected chi connectivity index (χ3v) is 3.35. The third-order valence-electron chi connectivity index (χ3n) is 2.83. The van der Waals surface area contributed by atoms with Gasteiger partial charge < -0.3 is 25.4 Å². The van der Waals surface area contributed by atoms with Crippen LogP contribution in [0.15, 0.2) is 17.1 Å². The molecule has 1 aromatic heterocycles. The van der Waals surface area contributed by atoms with Crippen molar-refractivity contribution in [1.82, 2.24) is 9.55 Å². The number of alkyl halides is 1. The Labute approximate surface area is 117 Å². The lowest BCUT2D eigenvalue weighted by Gasteiger charge is -2.18. The lowest BCUT2D eigenvalue weighted by molar-refractivity contribution is -0.0486. The first-order chi connectivity index (χ1) is 9.73. The minimum Gasteiger partial charge on any atom is -0.394 e. The van der Waals surface area contributed by atoms with Gasteiger partial charge in [0.2, 0.25) is 0 Å². The van der Waals surface area contributed by atoms with Crippen molar-refractivity contribution in [3.8, 4) is 0 Å². The average molecular weight is 325 g/mol. The van der Waals surface area contributed by atoms with E-state index in [0.29, 0.717) is 0 Å². The quantitative estimate of drug-likeness (QED) is 0.485. The molecule has 1 fully saturated rings. The Morgan fingerprint density at radius 2 is 2.24 bits per heavy atom. The Morgan fingerprint density at radius 1 is 1.57 bits per heavy atom. The fourth-order valence-electron chi connectivity index (χ4n) is 1.97. The lowest BCUT2D eigenvalue weighted by atomic mass is 10.1. The van der Waals surface area contributed by atoms with Crippen molar-refractivity contribution < 1.29 is 33.1 Å². The van der Waals surface area contributed by atoms with Gasteiger partial charge in [0.25, 0.3) is 0 Å². The van der Waals surface area contributed by atoms with Crippen molar-refractivity contribution in [2.75, 3.05) is 12.3 Å². The average Bonchev–Trinajstić information content (AvgIpc) is 2.65. The van der Waals surface area contributed by atoms with E-state index in [1.165, 1.54) is 6.07 Å². The number of ether oxygens (including phenoxy) is 1. The normalized spacial score (nSPS) is 29.7. The first kappa shape index (κ1) is 16.0. The SMILES string of the molecule is Nc1ccn([C@@H]2O[C@H](CO)[C@@H](OP(=O)(O)O)[C@H]2F)c(=O)n1. The van der Waals surface area contributed by atoms with Crippen molar-refractivity contribution in [2.45, 2.75) is 24.6 Å². The van der Waals surface area contributed by atoms with Crippen molar-refractivity contribution >= 4 is 13.6 Å². The number of rotatable bonds is 4. The molecule has 4 atom stereocenters. The maximum Gasteiger partial charge on any atom is 0.470 e. The van der Waals surface area contributed by atoms with Gasteiger partial charge in [0, 0.05) is 6.20 Å². The summed E-state index contributed by atoms with van der Waals surface area (Å²) in [6, 6.07) is 1.22. The Bertz CT molecular complexity index is 620. The van der Waals surface area contributed by atoms with Crippen LogP contribution >= 0.6 is 7.82 Å². The van der Waals surface area contributed by atoms with E-state index < -0.39 is 44.7 Å². The molecule has 118 valence electrons. The zero-order chi connectivity index (χ0) is 15.8. The smallest absolute Gasteiger partial charge is 0.394 e. The van der Waals surface area contributed by atoms with Gasteiger partial charge in [-0.3, -0.25) is 9.09 Å². The molecule has 0 spiro atoms. The molecule has 0 aromatic carbocycles. The Morgan fingerprint density at radius 3 is 2.76 bits per heavy atom. The molecule has 21 heavy (non-hydrogen) atoms. The molecule has 0 amide bonds. The fraction of sp³-hybridized carbons (Fsp3) is 0.556. The fourth-order valence-corrected chi connectivity index (χ4v) is 2.54. The third kappa shape index (κ3) is 3.46. The molecule has 0 aliphatic carbocycles. The number of hydrogen-bond donors (Lipinski definition) is 4. The summed E-state index contributed by atoms with van der Waals surface area (Å²) in [6.07, 6.45) is -5.60. The first-order valence-electron chi connectivity index (χ1n) is 5.72. The van der Waals surface area contributed by atoms with E-state index in [4.69, 9.17) is 25.4 Å². The molecule has 1 aliphatic rings. The van der Waals surface area contributed by atoms with Crippen molar-refractivity contribution in [1.29, 1.82) is 0 Å². The molecule has 10 nitrogen and oxygen atoms in total. The molecule has 1 aromatic rings. The van der Waals surface area contributed by atoms with Crippen molar-refractivity contribution in [2.24, 2.45) is 0 Å². The number of hydrogen-bond acceptors (Lipinski definition) is 7. The summed E-state index contributed by atoms with van der Waals surface area (Å²) in [6.45, 7) is -0.751. The molecule has 1 aliphatic heterocycles. The molecule has 0 saturated carbocycles. The highest BCUT2D eigenvalue weighted by atomic mass is 31.2. The van der Waals surface area contributed by atoms with E-state index in [1.54, 1.807) is 0 Å². The summed E-state index contributed by atoms with van der Waals surface area (Å²) in [5.74, 6) is -0.0774. The van der Waals surface area contributed by atoms with Crippen LogP contribution in [0.2, 0.25) is 0 Å². The van der Waals surface area contributed by atoms with Crippen LogP contribution in [0.5, 0.6) is 0 Å². The predicted molar refractivity (Wildman–Crippen MR) is 65.7 cm³/mol. The molecule has 0 radical (unpaired) electrons. The minimum absolute atomic E-state index is 0.0774. The van der Waals surface area contributed by atoms with Gasteiger partial charge in [0.05, 0.1) is 6.61 Å². The number of aliphatic hydroxyl groups excluding tert-OH is 1.